The third-order valence-corrected chi connectivity index (χ3v) is 4.79. The summed E-state index contributed by atoms with van der Waals surface area (Å²) in [5.74, 6) is 0.666. The first-order chi connectivity index (χ1) is 10.3. The van der Waals surface area contributed by atoms with E-state index >= 15 is 0 Å². The minimum Gasteiger partial charge on any atom is -0.342 e. The van der Waals surface area contributed by atoms with Crippen LogP contribution in [-0.4, -0.2) is 39.8 Å². The molecule has 1 amide bonds. The Hall–Kier alpha value is -1.62. The summed E-state index contributed by atoms with van der Waals surface area (Å²) in [7, 11) is 0. The molecule has 0 bridgehead atoms. The van der Waals surface area contributed by atoms with Crippen LogP contribution in [0.15, 0.2) is 35.5 Å². The molecule has 21 heavy (non-hydrogen) atoms. The first kappa shape index (κ1) is 14.3. The molecule has 4 nitrogen and oxygen atoms in total. The predicted octanol–water partition coefficient (Wildman–Crippen LogP) is 3.12. The van der Waals surface area contributed by atoms with Crippen molar-refractivity contribution < 1.29 is 4.79 Å². The van der Waals surface area contributed by atoms with Gasteiger partial charge in [-0.2, -0.15) is 5.10 Å². The van der Waals surface area contributed by atoms with Crippen LogP contribution in [-0.2, 0) is 4.79 Å². The van der Waals surface area contributed by atoms with Gasteiger partial charge in [-0.05, 0) is 12.8 Å². The number of hydrogen-bond donors (Lipinski definition) is 0. The van der Waals surface area contributed by atoms with Gasteiger partial charge in [-0.1, -0.05) is 48.9 Å². The molecule has 2 heterocycles. The van der Waals surface area contributed by atoms with Crippen LogP contribution in [0.2, 0.25) is 0 Å². The number of aromatic nitrogens is 2. The standard InChI is InChI=1S/C16H19N3OS/c20-15(19-9-5-1-2-6-10-19)12-21-16-14-8-4-3-7-13(14)11-17-18-16/h3-4,7-8,11H,1-2,5-6,9-10,12H2. The molecule has 1 aromatic carbocycles. The number of carbonyl (C=O) groups excluding carboxylic acids is 1. The van der Waals surface area contributed by atoms with Crippen LogP contribution in [0, 0.1) is 0 Å². The second kappa shape index (κ2) is 6.89. The van der Waals surface area contributed by atoms with Gasteiger partial charge >= 0.3 is 0 Å². The summed E-state index contributed by atoms with van der Waals surface area (Å²) >= 11 is 1.49. The topological polar surface area (TPSA) is 46.1 Å². The fourth-order valence-electron chi connectivity index (χ4n) is 2.65. The number of amides is 1. The van der Waals surface area contributed by atoms with E-state index in [0.29, 0.717) is 5.75 Å². The highest BCUT2D eigenvalue weighted by Gasteiger charge is 2.16. The van der Waals surface area contributed by atoms with Crippen molar-refractivity contribution in [2.75, 3.05) is 18.8 Å². The summed E-state index contributed by atoms with van der Waals surface area (Å²) in [6, 6.07) is 8.03. The van der Waals surface area contributed by atoms with Crippen molar-refractivity contribution in [3.63, 3.8) is 0 Å². The van der Waals surface area contributed by atoms with Crippen LogP contribution < -0.4 is 0 Å². The summed E-state index contributed by atoms with van der Waals surface area (Å²) in [5.41, 5.74) is 0. The maximum absolute atomic E-state index is 12.3. The quantitative estimate of drug-likeness (QED) is 0.817. The zero-order chi connectivity index (χ0) is 14.5. The molecule has 0 aliphatic carbocycles. The summed E-state index contributed by atoms with van der Waals surface area (Å²) < 4.78 is 0. The van der Waals surface area contributed by atoms with Gasteiger partial charge < -0.3 is 4.90 Å². The van der Waals surface area contributed by atoms with E-state index < -0.39 is 0 Å². The van der Waals surface area contributed by atoms with Gasteiger partial charge in [0, 0.05) is 23.9 Å². The lowest BCUT2D eigenvalue weighted by Crippen LogP contribution is -2.33. The number of nitrogens with zero attached hydrogens (tertiary/aromatic N) is 3. The molecule has 5 heteroatoms. The average molecular weight is 301 g/mol. The van der Waals surface area contributed by atoms with E-state index in [4.69, 9.17) is 0 Å². The highest BCUT2D eigenvalue weighted by atomic mass is 32.2. The van der Waals surface area contributed by atoms with Crippen molar-refractivity contribution >= 4 is 28.4 Å². The molecule has 0 N–H and O–H groups in total. The second-order valence-corrected chi connectivity index (χ2v) is 6.28. The minimum absolute atomic E-state index is 0.219. The molecular formula is C16H19N3OS. The molecular weight excluding hydrogens is 282 g/mol. The Balaban J connectivity index is 1.67. The normalized spacial score (nSPS) is 15.9. The maximum Gasteiger partial charge on any atom is 0.232 e. The molecule has 1 fully saturated rings. The summed E-state index contributed by atoms with van der Waals surface area (Å²) in [6.07, 6.45) is 6.50. The van der Waals surface area contributed by atoms with E-state index in [0.717, 1.165) is 41.7 Å². The number of likely N-dealkylation sites (tertiary alicyclic amines) is 1. The monoisotopic (exact) mass is 301 g/mol. The Morgan fingerprint density at radius 3 is 2.71 bits per heavy atom. The van der Waals surface area contributed by atoms with Crippen LogP contribution >= 0.6 is 11.8 Å². The van der Waals surface area contributed by atoms with E-state index in [2.05, 4.69) is 10.2 Å². The Labute approximate surface area is 128 Å². The van der Waals surface area contributed by atoms with E-state index in [9.17, 15) is 4.79 Å². The Bertz CT molecular complexity index is 618. The van der Waals surface area contributed by atoms with Crippen molar-refractivity contribution in [2.45, 2.75) is 30.7 Å². The number of benzene rings is 1. The number of rotatable bonds is 3. The molecule has 1 aliphatic rings. The molecule has 0 atom stereocenters. The highest BCUT2D eigenvalue weighted by Crippen LogP contribution is 2.25. The third kappa shape index (κ3) is 3.53. The molecule has 0 radical (unpaired) electrons. The highest BCUT2D eigenvalue weighted by molar-refractivity contribution is 8.00. The van der Waals surface area contributed by atoms with Crippen molar-refractivity contribution in [2.24, 2.45) is 0 Å². The maximum atomic E-state index is 12.3. The van der Waals surface area contributed by atoms with Gasteiger partial charge in [0.25, 0.3) is 0 Å². The Morgan fingerprint density at radius 2 is 1.90 bits per heavy atom. The Kier molecular flexibility index (Phi) is 4.70. The van der Waals surface area contributed by atoms with E-state index in [1.807, 2.05) is 29.2 Å². The van der Waals surface area contributed by atoms with Crippen molar-refractivity contribution in [3.05, 3.63) is 30.5 Å². The number of thioether (sulfide) groups is 1. The number of fused-ring (bicyclic) bond motifs is 1. The smallest absolute Gasteiger partial charge is 0.232 e. The molecule has 1 aromatic heterocycles. The lowest BCUT2D eigenvalue weighted by atomic mass is 10.2. The predicted molar refractivity (Wildman–Crippen MR) is 85.3 cm³/mol. The largest absolute Gasteiger partial charge is 0.342 e. The first-order valence-electron chi connectivity index (χ1n) is 7.45. The minimum atomic E-state index is 0.219. The molecule has 1 saturated heterocycles. The van der Waals surface area contributed by atoms with Crippen LogP contribution in [0.3, 0.4) is 0 Å². The third-order valence-electron chi connectivity index (χ3n) is 3.83. The zero-order valence-electron chi connectivity index (χ0n) is 12.0. The first-order valence-corrected chi connectivity index (χ1v) is 8.44. The summed E-state index contributed by atoms with van der Waals surface area (Å²) in [5, 5.41) is 11.2. The van der Waals surface area contributed by atoms with Crippen LogP contribution in [0.1, 0.15) is 25.7 Å². The van der Waals surface area contributed by atoms with E-state index in [1.165, 1.54) is 24.6 Å². The van der Waals surface area contributed by atoms with Crippen molar-refractivity contribution in [1.82, 2.24) is 15.1 Å². The lowest BCUT2D eigenvalue weighted by molar-refractivity contribution is -0.128. The summed E-state index contributed by atoms with van der Waals surface area (Å²) in [4.78, 5) is 14.3. The molecule has 2 aromatic rings. The van der Waals surface area contributed by atoms with Crippen LogP contribution in [0.25, 0.3) is 10.8 Å². The molecule has 3 rings (SSSR count). The molecule has 0 spiro atoms. The van der Waals surface area contributed by atoms with E-state index in [1.54, 1.807) is 6.20 Å². The SMILES string of the molecule is O=C(CSc1nncc2ccccc12)N1CCCCCC1. The van der Waals surface area contributed by atoms with Gasteiger partial charge in [0.05, 0.1) is 11.9 Å². The molecule has 0 saturated carbocycles. The Morgan fingerprint density at radius 1 is 1.14 bits per heavy atom. The number of carbonyl (C=O) groups is 1. The molecule has 1 aliphatic heterocycles. The zero-order valence-corrected chi connectivity index (χ0v) is 12.8. The fraction of sp³-hybridized carbons (Fsp3) is 0.438. The van der Waals surface area contributed by atoms with E-state index in [-0.39, 0.29) is 5.91 Å². The average Bonchev–Trinajstić information content (AvgIpc) is 2.82. The molecule has 0 unspecified atom stereocenters. The summed E-state index contributed by atoms with van der Waals surface area (Å²) in [6.45, 7) is 1.81. The van der Waals surface area contributed by atoms with Crippen molar-refractivity contribution in [3.8, 4) is 0 Å². The van der Waals surface area contributed by atoms with Crippen LogP contribution in [0.5, 0.6) is 0 Å². The number of hydrogen-bond acceptors (Lipinski definition) is 4. The van der Waals surface area contributed by atoms with Gasteiger partial charge in [-0.25, -0.2) is 0 Å². The second-order valence-electron chi connectivity index (χ2n) is 5.32. The van der Waals surface area contributed by atoms with Gasteiger partial charge in [0.1, 0.15) is 5.03 Å². The molecule has 110 valence electrons. The van der Waals surface area contributed by atoms with Gasteiger partial charge in [-0.3, -0.25) is 4.79 Å². The van der Waals surface area contributed by atoms with Gasteiger partial charge in [0.2, 0.25) is 5.91 Å². The lowest BCUT2D eigenvalue weighted by Gasteiger charge is -2.19. The van der Waals surface area contributed by atoms with Crippen molar-refractivity contribution in [1.29, 1.82) is 0 Å². The van der Waals surface area contributed by atoms with Gasteiger partial charge in [-0.15, -0.1) is 5.10 Å². The fourth-order valence-corrected chi connectivity index (χ4v) is 3.54. The van der Waals surface area contributed by atoms with Crippen LogP contribution in [0.4, 0.5) is 0 Å². The van der Waals surface area contributed by atoms with Gasteiger partial charge in [0.15, 0.2) is 0 Å².